The quantitative estimate of drug-likeness (QED) is 0.618. The third kappa shape index (κ3) is 4.28. The number of aliphatic hydroxyl groups is 1. The zero-order valence-electron chi connectivity index (χ0n) is 14.1. The monoisotopic (exact) mass is 341 g/mol. The molecule has 0 aliphatic carbocycles. The summed E-state index contributed by atoms with van der Waals surface area (Å²) in [6, 6.07) is 14.5. The molecule has 132 valence electrons. The zero-order valence-corrected chi connectivity index (χ0v) is 14.1. The number of benzene rings is 2. The lowest BCUT2D eigenvalue weighted by Gasteiger charge is -2.29. The Balaban J connectivity index is 1.76. The molecule has 2 aromatic carbocycles. The normalized spacial score (nSPS) is 15.6. The highest BCUT2D eigenvalue weighted by molar-refractivity contribution is 5.69. The number of hydrogen-bond acceptors (Lipinski definition) is 5. The van der Waals surface area contributed by atoms with E-state index >= 15 is 0 Å². The maximum Gasteiger partial charge on any atom is 0.292 e. The van der Waals surface area contributed by atoms with Crippen LogP contribution in [0.25, 0.3) is 0 Å². The predicted molar refractivity (Wildman–Crippen MR) is 99.1 cm³/mol. The Kier molecular flexibility index (Phi) is 5.50. The van der Waals surface area contributed by atoms with Crippen LogP contribution in [0.1, 0.15) is 30.9 Å². The first-order chi connectivity index (χ1) is 12.1. The zero-order chi connectivity index (χ0) is 17.6. The van der Waals surface area contributed by atoms with E-state index in [9.17, 15) is 15.2 Å². The number of anilines is 2. The van der Waals surface area contributed by atoms with Crippen molar-refractivity contribution in [3.8, 4) is 0 Å². The molecule has 1 atom stereocenters. The van der Waals surface area contributed by atoms with Gasteiger partial charge in [0, 0.05) is 31.4 Å². The maximum absolute atomic E-state index is 11.3. The van der Waals surface area contributed by atoms with Crippen LogP contribution in [0.5, 0.6) is 0 Å². The summed E-state index contributed by atoms with van der Waals surface area (Å²) >= 11 is 0. The Labute approximate surface area is 147 Å². The van der Waals surface area contributed by atoms with Gasteiger partial charge < -0.3 is 15.3 Å². The summed E-state index contributed by atoms with van der Waals surface area (Å²) in [5, 5.41) is 24.7. The van der Waals surface area contributed by atoms with Crippen molar-refractivity contribution in [3.63, 3.8) is 0 Å². The second-order valence-corrected chi connectivity index (χ2v) is 6.31. The fourth-order valence-electron chi connectivity index (χ4n) is 3.17. The van der Waals surface area contributed by atoms with Crippen LogP contribution in [0.4, 0.5) is 17.1 Å². The molecule has 3 rings (SSSR count). The van der Waals surface area contributed by atoms with Gasteiger partial charge in [0.1, 0.15) is 5.69 Å². The van der Waals surface area contributed by atoms with Crippen molar-refractivity contribution in [1.82, 2.24) is 0 Å². The smallest absolute Gasteiger partial charge is 0.292 e. The molecule has 1 heterocycles. The second kappa shape index (κ2) is 7.98. The summed E-state index contributed by atoms with van der Waals surface area (Å²) < 4.78 is 0. The van der Waals surface area contributed by atoms with E-state index in [1.807, 2.05) is 42.5 Å². The molecule has 0 bridgehead atoms. The molecule has 0 amide bonds. The van der Waals surface area contributed by atoms with Crippen LogP contribution in [0.15, 0.2) is 48.5 Å². The molecule has 1 fully saturated rings. The molecule has 0 unspecified atom stereocenters. The van der Waals surface area contributed by atoms with Gasteiger partial charge in [0.2, 0.25) is 0 Å². The number of hydrogen-bond donors (Lipinski definition) is 2. The van der Waals surface area contributed by atoms with Gasteiger partial charge in [-0.1, -0.05) is 30.3 Å². The van der Waals surface area contributed by atoms with Gasteiger partial charge in [0.15, 0.2) is 0 Å². The van der Waals surface area contributed by atoms with E-state index in [1.165, 1.54) is 6.42 Å². The largest absolute Gasteiger partial charge is 0.387 e. The molecule has 2 N–H and O–H groups in total. The van der Waals surface area contributed by atoms with Crippen LogP contribution in [-0.2, 0) is 0 Å². The summed E-state index contributed by atoms with van der Waals surface area (Å²) in [7, 11) is 0. The number of nitrogens with zero attached hydrogens (tertiary/aromatic N) is 2. The SMILES string of the molecule is O=[N+]([O-])c1ccc(N2CCCCC2)cc1NC[C@H](O)c1ccccc1. The molecule has 0 saturated carbocycles. The van der Waals surface area contributed by atoms with Crippen molar-refractivity contribution in [2.45, 2.75) is 25.4 Å². The molecule has 1 aliphatic rings. The second-order valence-electron chi connectivity index (χ2n) is 6.31. The van der Waals surface area contributed by atoms with E-state index in [-0.39, 0.29) is 12.2 Å². The molecule has 0 spiro atoms. The lowest BCUT2D eigenvalue weighted by molar-refractivity contribution is -0.383. The van der Waals surface area contributed by atoms with Crippen LogP contribution in [-0.4, -0.2) is 29.7 Å². The Hall–Kier alpha value is -2.60. The number of rotatable bonds is 6. The average molecular weight is 341 g/mol. The first-order valence-electron chi connectivity index (χ1n) is 8.65. The first kappa shape index (κ1) is 17.2. The molecule has 25 heavy (non-hydrogen) atoms. The minimum absolute atomic E-state index is 0.0287. The molecular weight excluding hydrogens is 318 g/mol. The van der Waals surface area contributed by atoms with Crippen LogP contribution in [0.2, 0.25) is 0 Å². The van der Waals surface area contributed by atoms with E-state index in [0.29, 0.717) is 5.69 Å². The Morgan fingerprint density at radius 1 is 1.12 bits per heavy atom. The van der Waals surface area contributed by atoms with Gasteiger partial charge >= 0.3 is 0 Å². The highest BCUT2D eigenvalue weighted by atomic mass is 16.6. The van der Waals surface area contributed by atoms with Crippen LogP contribution in [0.3, 0.4) is 0 Å². The molecule has 1 aliphatic heterocycles. The van der Waals surface area contributed by atoms with Crippen molar-refractivity contribution in [3.05, 3.63) is 64.2 Å². The van der Waals surface area contributed by atoms with Gasteiger partial charge in [-0.15, -0.1) is 0 Å². The topological polar surface area (TPSA) is 78.6 Å². The first-order valence-corrected chi connectivity index (χ1v) is 8.65. The van der Waals surface area contributed by atoms with Crippen molar-refractivity contribution >= 4 is 17.1 Å². The van der Waals surface area contributed by atoms with Crippen LogP contribution >= 0.6 is 0 Å². The fraction of sp³-hybridized carbons (Fsp3) is 0.368. The molecule has 6 nitrogen and oxygen atoms in total. The molecule has 0 aromatic heterocycles. The number of nitro groups is 1. The number of nitrogens with one attached hydrogen (secondary N) is 1. The molecule has 0 radical (unpaired) electrons. The van der Waals surface area contributed by atoms with Crippen molar-refractivity contribution in [2.75, 3.05) is 29.9 Å². The molecular formula is C19H23N3O3. The summed E-state index contributed by atoms with van der Waals surface area (Å²) in [4.78, 5) is 13.2. The lowest BCUT2D eigenvalue weighted by Crippen LogP contribution is -2.29. The molecule has 1 saturated heterocycles. The van der Waals surface area contributed by atoms with E-state index in [1.54, 1.807) is 6.07 Å². The van der Waals surface area contributed by atoms with E-state index in [4.69, 9.17) is 0 Å². The van der Waals surface area contributed by atoms with Crippen molar-refractivity contribution in [1.29, 1.82) is 0 Å². The Bertz CT molecular complexity index is 715. The van der Waals surface area contributed by atoms with Gasteiger partial charge in [-0.3, -0.25) is 10.1 Å². The average Bonchev–Trinajstić information content (AvgIpc) is 2.67. The highest BCUT2D eigenvalue weighted by Crippen LogP contribution is 2.31. The van der Waals surface area contributed by atoms with Crippen molar-refractivity contribution in [2.24, 2.45) is 0 Å². The van der Waals surface area contributed by atoms with Crippen LogP contribution < -0.4 is 10.2 Å². The third-order valence-electron chi connectivity index (χ3n) is 4.57. The van der Waals surface area contributed by atoms with Gasteiger partial charge in [0.25, 0.3) is 5.69 Å². The lowest BCUT2D eigenvalue weighted by atomic mass is 10.1. The summed E-state index contributed by atoms with van der Waals surface area (Å²) in [6.45, 7) is 2.17. The fourth-order valence-corrected chi connectivity index (χ4v) is 3.17. The Morgan fingerprint density at radius 3 is 2.52 bits per heavy atom. The number of nitro benzene ring substituents is 1. The third-order valence-corrected chi connectivity index (χ3v) is 4.57. The van der Waals surface area contributed by atoms with E-state index in [0.717, 1.165) is 37.2 Å². The summed E-state index contributed by atoms with van der Waals surface area (Å²) in [6.07, 6.45) is 2.80. The number of aliphatic hydroxyl groups excluding tert-OH is 1. The number of piperidine rings is 1. The minimum Gasteiger partial charge on any atom is -0.387 e. The van der Waals surface area contributed by atoms with Gasteiger partial charge in [-0.25, -0.2) is 0 Å². The van der Waals surface area contributed by atoms with Gasteiger partial charge in [0.05, 0.1) is 11.0 Å². The predicted octanol–water partition coefficient (Wildman–Crippen LogP) is 3.73. The molecule has 6 heteroatoms. The summed E-state index contributed by atoms with van der Waals surface area (Å²) in [5.41, 5.74) is 2.25. The van der Waals surface area contributed by atoms with Gasteiger partial charge in [-0.2, -0.15) is 0 Å². The molecule has 2 aromatic rings. The summed E-state index contributed by atoms with van der Waals surface area (Å²) in [5.74, 6) is 0. The van der Waals surface area contributed by atoms with Gasteiger partial charge in [-0.05, 0) is 37.0 Å². The van der Waals surface area contributed by atoms with Crippen molar-refractivity contribution < 1.29 is 10.0 Å². The highest BCUT2D eigenvalue weighted by Gasteiger charge is 2.19. The standard InChI is InChI=1S/C19H23N3O3/c23-19(15-7-3-1-4-8-15)14-20-17-13-16(9-10-18(17)22(24)25)21-11-5-2-6-12-21/h1,3-4,7-10,13,19-20,23H,2,5-6,11-12,14H2/t19-/m0/s1. The van der Waals surface area contributed by atoms with E-state index < -0.39 is 11.0 Å². The minimum atomic E-state index is -0.723. The van der Waals surface area contributed by atoms with Crippen LogP contribution in [0, 0.1) is 10.1 Å². The maximum atomic E-state index is 11.3. The van der Waals surface area contributed by atoms with E-state index in [2.05, 4.69) is 10.2 Å². The Morgan fingerprint density at radius 2 is 1.84 bits per heavy atom.